The Hall–Kier alpha value is -2.82. The highest BCUT2D eigenvalue weighted by atomic mass is 16.5. The molecule has 2 aromatic rings. The number of aliphatic carboxylic acids is 1. The first-order valence-electron chi connectivity index (χ1n) is 8.95. The summed E-state index contributed by atoms with van der Waals surface area (Å²) in [7, 11) is 1.51. The van der Waals surface area contributed by atoms with Crippen molar-refractivity contribution in [3.8, 4) is 5.75 Å². The van der Waals surface area contributed by atoms with Gasteiger partial charge in [-0.15, -0.1) is 0 Å². The lowest BCUT2D eigenvalue weighted by Gasteiger charge is -2.22. The summed E-state index contributed by atoms with van der Waals surface area (Å²) < 4.78 is 5.89. The molecule has 0 heterocycles. The number of nitrogens with zero attached hydrogens (tertiary/aromatic N) is 1. The van der Waals surface area contributed by atoms with Crippen LogP contribution in [0.3, 0.4) is 0 Å². The molecule has 144 valence electrons. The van der Waals surface area contributed by atoms with Gasteiger partial charge in [-0.05, 0) is 56.5 Å². The normalized spacial score (nSPS) is 11.7. The number of benzene rings is 2. The Morgan fingerprint density at radius 3 is 2.26 bits per heavy atom. The lowest BCUT2D eigenvalue weighted by molar-refractivity contribution is -0.148. The van der Waals surface area contributed by atoms with Crippen LogP contribution in [0, 0.1) is 20.8 Å². The molecule has 0 spiro atoms. The zero-order valence-corrected chi connectivity index (χ0v) is 16.6. The topological polar surface area (TPSA) is 66.8 Å². The second kappa shape index (κ2) is 8.71. The van der Waals surface area contributed by atoms with Crippen LogP contribution in [-0.4, -0.2) is 35.0 Å². The molecule has 27 heavy (non-hydrogen) atoms. The van der Waals surface area contributed by atoms with Crippen LogP contribution < -0.4 is 4.74 Å². The van der Waals surface area contributed by atoms with Gasteiger partial charge in [0, 0.05) is 7.05 Å². The van der Waals surface area contributed by atoms with E-state index in [-0.39, 0.29) is 12.3 Å². The zero-order chi connectivity index (χ0) is 20.1. The summed E-state index contributed by atoms with van der Waals surface area (Å²) in [5, 5.41) is 9.04. The Morgan fingerprint density at radius 1 is 1.07 bits per heavy atom. The number of hydrogen-bond donors (Lipinski definition) is 1. The minimum Gasteiger partial charge on any atom is -0.489 e. The third-order valence-corrected chi connectivity index (χ3v) is 4.67. The molecule has 0 bridgehead atoms. The third-order valence-electron chi connectivity index (χ3n) is 4.67. The molecular formula is C22H27NO4. The summed E-state index contributed by atoms with van der Waals surface area (Å²) in [5.74, 6) is -0.496. The van der Waals surface area contributed by atoms with Gasteiger partial charge in [0.2, 0.25) is 5.91 Å². The van der Waals surface area contributed by atoms with Gasteiger partial charge in [-0.3, -0.25) is 4.79 Å². The minimum atomic E-state index is -1.02. The Bertz CT molecular complexity index is 824. The summed E-state index contributed by atoms with van der Waals surface area (Å²) in [6.45, 7) is 8.03. The van der Waals surface area contributed by atoms with Gasteiger partial charge < -0.3 is 14.7 Å². The average Bonchev–Trinajstić information content (AvgIpc) is 2.59. The molecule has 0 fully saturated rings. The van der Waals surface area contributed by atoms with Crippen LogP contribution in [0.4, 0.5) is 0 Å². The first kappa shape index (κ1) is 20.5. The van der Waals surface area contributed by atoms with Crippen molar-refractivity contribution in [1.29, 1.82) is 0 Å². The molecule has 5 heteroatoms. The van der Waals surface area contributed by atoms with Gasteiger partial charge in [-0.2, -0.15) is 0 Å². The molecule has 1 atom stereocenters. The lowest BCUT2D eigenvalue weighted by atomic mass is 10.0. The number of hydrogen-bond acceptors (Lipinski definition) is 3. The highest BCUT2D eigenvalue weighted by Gasteiger charge is 2.22. The highest BCUT2D eigenvalue weighted by molar-refractivity contribution is 5.84. The van der Waals surface area contributed by atoms with E-state index in [4.69, 9.17) is 9.84 Å². The van der Waals surface area contributed by atoms with E-state index in [1.54, 1.807) is 0 Å². The average molecular weight is 369 g/mol. The fourth-order valence-electron chi connectivity index (χ4n) is 2.94. The molecule has 1 amide bonds. The molecule has 0 saturated heterocycles. The van der Waals surface area contributed by atoms with Crippen molar-refractivity contribution in [2.75, 3.05) is 7.05 Å². The minimum absolute atomic E-state index is 0.164. The number of ether oxygens (including phenoxy) is 1. The van der Waals surface area contributed by atoms with E-state index >= 15 is 0 Å². The first-order chi connectivity index (χ1) is 12.7. The van der Waals surface area contributed by atoms with Gasteiger partial charge in [0.1, 0.15) is 18.4 Å². The van der Waals surface area contributed by atoms with Crippen molar-refractivity contribution in [2.45, 2.75) is 46.8 Å². The molecule has 0 saturated carbocycles. The fourth-order valence-corrected chi connectivity index (χ4v) is 2.94. The van der Waals surface area contributed by atoms with Gasteiger partial charge in [0.25, 0.3) is 0 Å². The predicted octanol–water partition coefficient (Wildman–Crippen LogP) is 3.66. The van der Waals surface area contributed by atoms with Gasteiger partial charge in [-0.25, -0.2) is 4.79 Å². The maximum atomic E-state index is 12.3. The number of carboxylic acids is 1. The maximum absolute atomic E-state index is 12.3. The summed E-state index contributed by atoms with van der Waals surface area (Å²) in [6.07, 6.45) is 0.164. The number of carbonyl (C=O) groups is 2. The van der Waals surface area contributed by atoms with Gasteiger partial charge in [0.15, 0.2) is 0 Å². The number of carboxylic acid groups (broad SMARTS) is 1. The summed E-state index contributed by atoms with van der Waals surface area (Å²) in [4.78, 5) is 24.6. The fraction of sp³-hybridized carbons (Fsp3) is 0.364. The molecule has 0 radical (unpaired) electrons. The monoisotopic (exact) mass is 369 g/mol. The molecule has 1 N–H and O–H groups in total. The molecule has 2 rings (SSSR count). The zero-order valence-electron chi connectivity index (χ0n) is 16.6. The number of aryl methyl sites for hydroxylation is 3. The largest absolute Gasteiger partial charge is 0.489 e. The summed E-state index contributed by atoms with van der Waals surface area (Å²) >= 11 is 0. The van der Waals surface area contributed by atoms with Crippen LogP contribution in [0.15, 0.2) is 36.4 Å². The van der Waals surface area contributed by atoms with Crippen LogP contribution >= 0.6 is 0 Å². The van der Waals surface area contributed by atoms with Crippen molar-refractivity contribution in [2.24, 2.45) is 0 Å². The molecule has 0 aliphatic carbocycles. The smallest absolute Gasteiger partial charge is 0.326 e. The number of amides is 1. The van der Waals surface area contributed by atoms with E-state index in [2.05, 4.69) is 32.0 Å². The Balaban J connectivity index is 2.02. The van der Waals surface area contributed by atoms with E-state index in [1.807, 2.05) is 25.1 Å². The molecular weight excluding hydrogens is 342 g/mol. The molecule has 0 aromatic heterocycles. The van der Waals surface area contributed by atoms with Crippen LogP contribution in [0.25, 0.3) is 0 Å². The second-order valence-electron chi connectivity index (χ2n) is 7.07. The SMILES string of the molecule is Cc1cc(C)cc(COc2ccc(CC(=O)N(C)[C@H](C)C(=O)O)c(C)c2)c1. The first-order valence-corrected chi connectivity index (χ1v) is 8.95. The Morgan fingerprint density at radius 2 is 1.70 bits per heavy atom. The lowest BCUT2D eigenvalue weighted by Crippen LogP contribution is -2.41. The van der Waals surface area contributed by atoms with Crippen molar-refractivity contribution >= 4 is 11.9 Å². The van der Waals surface area contributed by atoms with Crippen LogP contribution in [0.5, 0.6) is 5.75 Å². The van der Waals surface area contributed by atoms with Crippen molar-refractivity contribution in [3.05, 3.63) is 64.2 Å². The predicted molar refractivity (Wildman–Crippen MR) is 105 cm³/mol. The molecule has 0 unspecified atom stereocenters. The molecule has 5 nitrogen and oxygen atoms in total. The van der Waals surface area contributed by atoms with Crippen molar-refractivity contribution < 1.29 is 19.4 Å². The number of rotatable bonds is 7. The molecule has 2 aromatic carbocycles. The van der Waals surface area contributed by atoms with Gasteiger partial charge in [-0.1, -0.05) is 35.4 Å². The number of carbonyl (C=O) groups excluding carboxylic acids is 1. The Kier molecular flexibility index (Phi) is 6.61. The highest BCUT2D eigenvalue weighted by Crippen LogP contribution is 2.20. The van der Waals surface area contributed by atoms with E-state index in [0.29, 0.717) is 6.61 Å². The second-order valence-corrected chi connectivity index (χ2v) is 7.07. The van der Waals surface area contributed by atoms with E-state index in [9.17, 15) is 9.59 Å². The molecule has 0 aliphatic heterocycles. The Labute approximate surface area is 160 Å². The quantitative estimate of drug-likeness (QED) is 0.809. The van der Waals surface area contributed by atoms with E-state index in [0.717, 1.165) is 22.4 Å². The van der Waals surface area contributed by atoms with Crippen LogP contribution in [-0.2, 0) is 22.6 Å². The van der Waals surface area contributed by atoms with Crippen LogP contribution in [0.2, 0.25) is 0 Å². The third kappa shape index (κ3) is 5.58. The van der Waals surface area contributed by atoms with E-state index < -0.39 is 12.0 Å². The van der Waals surface area contributed by atoms with Gasteiger partial charge >= 0.3 is 5.97 Å². The van der Waals surface area contributed by atoms with E-state index in [1.165, 1.54) is 30.0 Å². The van der Waals surface area contributed by atoms with Crippen molar-refractivity contribution in [3.63, 3.8) is 0 Å². The maximum Gasteiger partial charge on any atom is 0.326 e. The standard InChI is InChI=1S/C22H27NO4/c1-14-8-15(2)10-18(9-14)13-27-20-7-6-19(16(3)11-20)12-21(24)23(5)17(4)22(25)26/h6-11,17H,12-13H2,1-5H3,(H,25,26)/t17-/m1/s1. The van der Waals surface area contributed by atoms with Crippen molar-refractivity contribution in [1.82, 2.24) is 4.90 Å². The number of likely N-dealkylation sites (N-methyl/N-ethyl adjacent to an activating group) is 1. The van der Waals surface area contributed by atoms with Gasteiger partial charge in [0.05, 0.1) is 6.42 Å². The summed E-state index contributed by atoms with van der Waals surface area (Å²) in [5.41, 5.74) is 5.34. The van der Waals surface area contributed by atoms with Crippen LogP contribution in [0.1, 0.15) is 34.7 Å². The summed E-state index contributed by atoms with van der Waals surface area (Å²) in [6, 6.07) is 11.1. The molecule has 0 aliphatic rings.